The fourth-order valence-electron chi connectivity index (χ4n) is 1.67. The van der Waals surface area contributed by atoms with E-state index in [2.05, 4.69) is 10.1 Å². The van der Waals surface area contributed by atoms with Gasteiger partial charge in [0.05, 0.1) is 10.0 Å². The zero-order valence-electron chi connectivity index (χ0n) is 9.68. The van der Waals surface area contributed by atoms with Gasteiger partial charge in [-0.1, -0.05) is 58.7 Å². The van der Waals surface area contributed by atoms with Crippen LogP contribution < -0.4 is 0 Å². The third-order valence-electron chi connectivity index (χ3n) is 2.62. The molecular formula is C14H8Cl2N2O. The minimum Gasteiger partial charge on any atom is -0.334 e. The van der Waals surface area contributed by atoms with Gasteiger partial charge in [-0.2, -0.15) is 4.98 Å². The normalized spacial score (nSPS) is 10.6. The first kappa shape index (κ1) is 12.2. The number of nitrogens with zero attached hydrogens (tertiary/aromatic N) is 2. The van der Waals surface area contributed by atoms with E-state index in [4.69, 9.17) is 27.7 Å². The van der Waals surface area contributed by atoms with Gasteiger partial charge in [0.2, 0.25) is 5.82 Å². The van der Waals surface area contributed by atoms with E-state index >= 15 is 0 Å². The highest BCUT2D eigenvalue weighted by molar-refractivity contribution is 6.42. The minimum absolute atomic E-state index is 0.414. The van der Waals surface area contributed by atoms with Crippen molar-refractivity contribution in [3.8, 4) is 22.8 Å². The maximum absolute atomic E-state index is 5.97. The Morgan fingerprint density at radius 2 is 1.63 bits per heavy atom. The minimum atomic E-state index is 0.414. The lowest BCUT2D eigenvalue weighted by Gasteiger charge is -1.97. The molecule has 0 aliphatic rings. The van der Waals surface area contributed by atoms with Crippen LogP contribution in [0.3, 0.4) is 0 Å². The highest BCUT2D eigenvalue weighted by Gasteiger charge is 2.11. The standard InChI is InChI=1S/C14H8Cl2N2O/c15-11-7-6-10(8-12(11)16)14-17-13(18-19-14)9-4-2-1-3-5-9/h1-8H. The molecule has 0 atom stereocenters. The lowest BCUT2D eigenvalue weighted by Crippen LogP contribution is -1.81. The highest BCUT2D eigenvalue weighted by atomic mass is 35.5. The first-order valence-corrected chi connectivity index (χ1v) is 6.34. The van der Waals surface area contributed by atoms with Gasteiger partial charge in [-0.25, -0.2) is 0 Å². The molecule has 0 bridgehead atoms. The summed E-state index contributed by atoms with van der Waals surface area (Å²) in [5.41, 5.74) is 1.64. The van der Waals surface area contributed by atoms with E-state index in [0.717, 1.165) is 11.1 Å². The van der Waals surface area contributed by atoms with Crippen LogP contribution >= 0.6 is 23.2 Å². The predicted molar refractivity (Wildman–Crippen MR) is 75.2 cm³/mol. The van der Waals surface area contributed by atoms with Crippen LogP contribution in [0.15, 0.2) is 53.1 Å². The van der Waals surface area contributed by atoms with E-state index in [-0.39, 0.29) is 0 Å². The molecule has 1 heterocycles. The molecule has 0 amide bonds. The summed E-state index contributed by atoms with van der Waals surface area (Å²) in [5.74, 6) is 0.957. The molecule has 2 aromatic carbocycles. The Morgan fingerprint density at radius 3 is 2.37 bits per heavy atom. The van der Waals surface area contributed by atoms with Crippen molar-refractivity contribution in [2.45, 2.75) is 0 Å². The molecule has 0 radical (unpaired) electrons. The average Bonchev–Trinajstić information content (AvgIpc) is 2.93. The van der Waals surface area contributed by atoms with E-state index in [0.29, 0.717) is 21.8 Å². The highest BCUT2D eigenvalue weighted by Crippen LogP contribution is 2.28. The van der Waals surface area contributed by atoms with Gasteiger partial charge in [-0.05, 0) is 18.2 Å². The van der Waals surface area contributed by atoms with Crippen LogP contribution in [0.2, 0.25) is 10.0 Å². The van der Waals surface area contributed by atoms with Gasteiger partial charge in [0.1, 0.15) is 0 Å². The van der Waals surface area contributed by atoms with Crippen molar-refractivity contribution in [2.75, 3.05) is 0 Å². The molecule has 3 rings (SSSR count). The van der Waals surface area contributed by atoms with Crippen LogP contribution in [0.4, 0.5) is 0 Å². The topological polar surface area (TPSA) is 38.9 Å². The summed E-state index contributed by atoms with van der Waals surface area (Å²) in [5, 5.41) is 4.90. The molecule has 3 aromatic rings. The smallest absolute Gasteiger partial charge is 0.258 e. The molecule has 0 spiro atoms. The molecular weight excluding hydrogens is 283 g/mol. The number of hydrogen-bond acceptors (Lipinski definition) is 3. The summed E-state index contributed by atoms with van der Waals surface area (Å²) >= 11 is 11.8. The number of benzene rings is 2. The van der Waals surface area contributed by atoms with Crippen LogP contribution in [0, 0.1) is 0 Å². The molecule has 0 saturated heterocycles. The predicted octanol–water partition coefficient (Wildman–Crippen LogP) is 4.71. The molecule has 0 aliphatic heterocycles. The zero-order chi connectivity index (χ0) is 13.2. The van der Waals surface area contributed by atoms with Gasteiger partial charge in [0.15, 0.2) is 0 Å². The molecule has 0 N–H and O–H groups in total. The van der Waals surface area contributed by atoms with Crippen LogP contribution in [0.5, 0.6) is 0 Å². The molecule has 3 nitrogen and oxygen atoms in total. The summed E-state index contributed by atoms with van der Waals surface area (Å²) in [4.78, 5) is 4.34. The van der Waals surface area contributed by atoms with E-state index in [1.165, 1.54) is 0 Å². The van der Waals surface area contributed by atoms with Crippen molar-refractivity contribution in [2.24, 2.45) is 0 Å². The van der Waals surface area contributed by atoms with Crippen molar-refractivity contribution in [3.05, 3.63) is 58.6 Å². The Hall–Kier alpha value is -1.84. The summed E-state index contributed by atoms with van der Waals surface area (Å²) < 4.78 is 5.24. The summed E-state index contributed by atoms with van der Waals surface area (Å²) in [6, 6.07) is 14.8. The Labute approximate surface area is 119 Å². The Balaban J connectivity index is 1.99. The van der Waals surface area contributed by atoms with Crippen LogP contribution in [-0.2, 0) is 0 Å². The van der Waals surface area contributed by atoms with Gasteiger partial charge in [0.25, 0.3) is 5.89 Å². The molecule has 0 saturated carbocycles. The number of aromatic nitrogens is 2. The summed E-state index contributed by atoms with van der Waals surface area (Å²) in [6.45, 7) is 0. The van der Waals surface area contributed by atoms with Crippen LogP contribution in [0.1, 0.15) is 0 Å². The molecule has 5 heteroatoms. The van der Waals surface area contributed by atoms with Crippen LogP contribution in [0.25, 0.3) is 22.8 Å². The second kappa shape index (κ2) is 5.03. The molecule has 0 unspecified atom stereocenters. The van der Waals surface area contributed by atoms with Gasteiger partial charge < -0.3 is 4.52 Å². The molecule has 94 valence electrons. The SMILES string of the molecule is Clc1ccc(-c2nc(-c3ccccc3)no2)cc1Cl. The van der Waals surface area contributed by atoms with Gasteiger partial charge >= 0.3 is 0 Å². The van der Waals surface area contributed by atoms with Gasteiger partial charge in [-0.15, -0.1) is 0 Å². The van der Waals surface area contributed by atoms with Crippen molar-refractivity contribution < 1.29 is 4.52 Å². The molecule has 1 aromatic heterocycles. The fourth-order valence-corrected chi connectivity index (χ4v) is 1.97. The van der Waals surface area contributed by atoms with Gasteiger partial charge in [-0.3, -0.25) is 0 Å². The maximum atomic E-state index is 5.97. The van der Waals surface area contributed by atoms with E-state index < -0.39 is 0 Å². The zero-order valence-corrected chi connectivity index (χ0v) is 11.2. The third kappa shape index (κ3) is 2.48. The summed E-state index contributed by atoms with van der Waals surface area (Å²) in [7, 11) is 0. The van der Waals surface area contributed by atoms with Crippen molar-refractivity contribution in [3.63, 3.8) is 0 Å². The second-order valence-electron chi connectivity index (χ2n) is 3.92. The molecule has 19 heavy (non-hydrogen) atoms. The Kier molecular flexibility index (Phi) is 3.23. The third-order valence-corrected chi connectivity index (χ3v) is 3.36. The Bertz CT molecular complexity index is 710. The average molecular weight is 291 g/mol. The lowest BCUT2D eigenvalue weighted by atomic mass is 10.2. The Morgan fingerprint density at radius 1 is 0.842 bits per heavy atom. The van der Waals surface area contributed by atoms with Crippen molar-refractivity contribution in [1.29, 1.82) is 0 Å². The summed E-state index contributed by atoms with van der Waals surface area (Å²) in [6.07, 6.45) is 0. The van der Waals surface area contributed by atoms with Crippen molar-refractivity contribution >= 4 is 23.2 Å². The first-order chi connectivity index (χ1) is 9.24. The fraction of sp³-hybridized carbons (Fsp3) is 0. The largest absolute Gasteiger partial charge is 0.334 e. The van der Waals surface area contributed by atoms with E-state index in [1.807, 2.05) is 30.3 Å². The first-order valence-electron chi connectivity index (χ1n) is 5.58. The lowest BCUT2D eigenvalue weighted by molar-refractivity contribution is 0.432. The second-order valence-corrected chi connectivity index (χ2v) is 4.73. The van der Waals surface area contributed by atoms with Crippen molar-refractivity contribution in [1.82, 2.24) is 10.1 Å². The maximum Gasteiger partial charge on any atom is 0.258 e. The van der Waals surface area contributed by atoms with E-state index in [9.17, 15) is 0 Å². The number of hydrogen-bond donors (Lipinski definition) is 0. The monoisotopic (exact) mass is 290 g/mol. The van der Waals surface area contributed by atoms with Crippen LogP contribution in [-0.4, -0.2) is 10.1 Å². The number of halogens is 2. The van der Waals surface area contributed by atoms with E-state index in [1.54, 1.807) is 18.2 Å². The molecule has 0 aliphatic carbocycles. The number of rotatable bonds is 2. The molecule has 0 fully saturated rings. The van der Waals surface area contributed by atoms with Gasteiger partial charge in [0, 0.05) is 11.1 Å². The quantitative estimate of drug-likeness (QED) is 0.686.